The average molecular weight is 121 g/mol. The van der Waals surface area contributed by atoms with Gasteiger partial charge < -0.3 is 11.5 Å². The summed E-state index contributed by atoms with van der Waals surface area (Å²) in [6.45, 7) is 2.05. The lowest BCUT2D eigenvalue weighted by Gasteiger charge is -1.92. The van der Waals surface area contributed by atoms with Crippen LogP contribution in [0.15, 0.2) is 10.7 Å². The molecule has 2 nitrogen and oxygen atoms in total. The van der Waals surface area contributed by atoms with Crippen molar-refractivity contribution in [3.05, 3.63) is 10.7 Å². The van der Waals surface area contributed by atoms with Gasteiger partial charge in [0.05, 0.1) is 5.03 Å². The Morgan fingerprint density at radius 3 is 2.14 bits per heavy atom. The molecule has 0 aromatic heterocycles. The van der Waals surface area contributed by atoms with Crippen LogP contribution >= 0.6 is 11.6 Å². The first-order chi connectivity index (χ1) is 3.18. The highest BCUT2D eigenvalue weighted by Crippen LogP contribution is 1.99. The van der Waals surface area contributed by atoms with Crippen molar-refractivity contribution in [1.82, 2.24) is 0 Å². The van der Waals surface area contributed by atoms with Crippen molar-refractivity contribution in [2.45, 2.75) is 6.92 Å². The van der Waals surface area contributed by atoms with Gasteiger partial charge >= 0.3 is 0 Å². The summed E-state index contributed by atoms with van der Waals surface area (Å²) in [6, 6.07) is 0. The minimum absolute atomic E-state index is 0.337. The van der Waals surface area contributed by atoms with Crippen LogP contribution in [0.2, 0.25) is 0 Å². The van der Waals surface area contributed by atoms with Crippen LogP contribution in [0.4, 0.5) is 0 Å². The molecule has 7 heavy (non-hydrogen) atoms. The molecule has 0 aliphatic carbocycles. The maximum atomic E-state index is 5.43. The van der Waals surface area contributed by atoms with Crippen LogP contribution in [0.5, 0.6) is 0 Å². The zero-order chi connectivity index (χ0) is 5.86. The predicted octanol–water partition coefficient (Wildman–Crippen LogP) is 0.374. The summed E-state index contributed by atoms with van der Waals surface area (Å²) in [4.78, 5) is 0. The summed E-state index contributed by atoms with van der Waals surface area (Å²) in [5, 5.41) is 0.542. The third-order valence-electron chi connectivity index (χ3n) is 0.607. The van der Waals surface area contributed by atoms with Crippen LogP contribution in [0, 0.1) is 0 Å². The third-order valence-corrected chi connectivity index (χ3v) is 1.06. The van der Waals surface area contributed by atoms with Gasteiger partial charge in [0.15, 0.2) is 0 Å². The highest BCUT2D eigenvalue weighted by molar-refractivity contribution is 6.30. The van der Waals surface area contributed by atoms with Gasteiger partial charge in [0.1, 0.15) is 0 Å². The second-order valence-corrected chi connectivity index (χ2v) is 1.75. The standard InChI is InChI=1S/C4H9ClN2/c1-3(7)4(5)2-6/h2,6-7H2,1H3/b4-3+. The summed E-state index contributed by atoms with van der Waals surface area (Å²) in [6.07, 6.45) is 0. The minimum atomic E-state index is 0.337. The van der Waals surface area contributed by atoms with Crippen molar-refractivity contribution in [2.75, 3.05) is 6.54 Å². The van der Waals surface area contributed by atoms with E-state index in [1.807, 2.05) is 0 Å². The van der Waals surface area contributed by atoms with E-state index in [2.05, 4.69) is 0 Å². The molecule has 0 heterocycles. The van der Waals surface area contributed by atoms with Crippen LogP contribution in [0.3, 0.4) is 0 Å². The Hall–Kier alpha value is -0.210. The normalized spacial score (nSPS) is 13.6. The number of hydrogen-bond acceptors (Lipinski definition) is 2. The molecule has 0 fully saturated rings. The van der Waals surface area contributed by atoms with Gasteiger partial charge in [-0.3, -0.25) is 0 Å². The highest BCUT2D eigenvalue weighted by atomic mass is 35.5. The Kier molecular flexibility index (Phi) is 2.79. The van der Waals surface area contributed by atoms with E-state index >= 15 is 0 Å². The molecule has 0 atom stereocenters. The molecule has 42 valence electrons. The smallest absolute Gasteiger partial charge is 0.0500 e. The lowest BCUT2D eigenvalue weighted by Crippen LogP contribution is -2.04. The summed E-state index contributed by atoms with van der Waals surface area (Å²) in [5.74, 6) is 0. The van der Waals surface area contributed by atoms with Crippen LogP contribution < -0.4 is 11.5 Å². The van der Waals surface area contributed by atoms with Gasteiger partial charge in [-0.1, -0.05) is 11.6 Å². The summed E-state index contributed by atoms with van der Waals surface area (Å²) in [5.41, 5.74) is 10.9. The van der Waals surface area contributed by atoms with E-state index in [-0.39, 0.29) is 0 Å². The van der Waals surface area contributed by atoms with Crippen molar-refractivity contribution in [3.8, 4) is 0 Å². The Labute approximate surface area is 48.1 Å². The Morgan fingerprint density at radius 2 is 2.14 bits per heavy atom. The Balaban J connectivity index is 3.72. The lowest BCUT2D eigenvalue weighted by molar-refractivity contribution is 1.16. The summed E-state index contributed by atoms with van der Waals surface area (Å²) in [7, 11) is 0. The van der Waals surface area contributed by atoms with Gasteiger partial charge in [-0.2, -0.15) is 0 Å². The molecule has 0 rings (SSSR count). The van der Waals surface area contributed by atoms with Gasteiger partial charge in [-0.05, 0) is 6.92 Å². The molecule has 0 amide bonds. The molecule has 0 saturated heterocycles. The number of hydrogen-bond donors (Lipinski definition) is 2. The quantitative estimate of drug-likeness (QED) is 0.526. The van der Waals surface area contributed by atoms with Crippen LogP contribution in [-0.4, -0.2) is 6.54 Å². The molecule has 0 radical (unpaired) electrons. The molecule has 3 heteroatoms. The zero-order valence-electron chi connectivity index (χ0n) is 4.24. The molecule has 0 aromatic carbocycles. The van der Waals surface area contributed by atoms with E-state index in [0.29, 0.717) is 17.3 Å². The molecule has 0 aliphatic rings. The molecular formula is C4H9ClN2. The van der Waals surface area contributed by atoms with Gasteiger partial charge in [-0.15, -0.1) is 0 Å². The monoisotopic (exact) mass is 120 g/mol. The molecule has 0 spiro atoms. The van der Waals surface area contributed by atoms with E-state index < -0.39 is 0 Å². The molecule has 0 saturated carbocycles. The second kappa shape index (κ2) is 2.88. The van der Waals surface area contributed by atoms with Gasteiger partial charge in [0.2, 0.25) is 0 Å². The van der Waals surface area contributed by atoms with Crippen LogP contribution in [-0.2, 0) is 0 Å². The van der Waals surface area contributed by atoms with Crippen molar-refractivity contribution in [3.63, 3.8) is 0 Å². The second-order valence-electron chi connectivity index (χ2n) is 1.29. The fraction of sp³-hybridized carbons (Fsp3) is 0.500. The van der Waals surface area contributed by atoms with Crippen LogP contribution in [0.1, 0.15) is 6.92 Å². The number of halogens is 1. The number of rotatable bonds is 1. The summed E-state index contributed by atoms with van der Waals surface area (Å²) >= 11 is 5.43. The van der Waals surface area contributed by atoms with Crippen molar-refractivity contribution < 1.29 is 0 Å². The van der Waals surface area contributed by atoms with E-state index in [9.17, 15) is 0 Å². The lowest BCUT2D eigenvalue weighted by atomic mass is 10.4. The maximum absolute atomic E-state index is 5.43. The van der Waals surface area contributed by atoms with Crippen molar-refractivity contribution in [1.29, 1.82) is 0 Å². The van der Waals surface area contributed by atoms with E-state index in [4.69, 9.17) is 23.1 Å². The fourth-order valence-electron chi connectivity index (χ4n) is 0.161. The molecular weight excluding hydrogens is 112 g/mol. The first-order valence-electron chi connectivity index (χ1n) is 1.99. The third kappa shape index (κ3) is 2.48. The maximum Gasteiger partial charge on any atom is 0.0500 e. The van der Waals surface area contributed by atoms with E-state index in [1.165, 1.54) is 0 Å². The summed E-state index contributed by atoms with van der Waals surface area (Å²) < 4.78 is 0. The van der Waals surface area contributed by atoms with Gasteiger partial charge in [0.25, 0.3) is 0 Å². The topological polar surface area (TPSA) is 52.0 Å². The minimum Gasteiger partial charge on any atom is -0.401 e. The van der Waals surface area contributed by atoms with Crippen LogP contribution in [0.25, 0.3) is 0 Å². The van der Waals surface area contributed by atoms with Crippen molar-refractivity contribution in [2.24, 2.45) is 11.5 Å². The van der Waals surface area contributed by atoms with Gasteiger partial charge in [0, 0.05) is 12.2 Å². The molecule has 0 unspecified atom stereocenters. The number of nitrogens with two attached hydrogens (primary N) is 2. The van der Waals surface area contributed by atoms with Crippen molar-refractivity contribution >= 4 is 11.6 Å². The number of allylic oxidation sites excluding steroid dienone is 1. The average Bonchev–Trinajstić information content (AvgIpc) is 1.65. The zero-order valence-corrected chi connectivity index (χ0v) is 5.00. The fourth-order valence-corrected chi connectivity index (χ4v) is 0.161. The Bertz CT molecular complexity index is 83.7. The molecule has 0 aromatic rings. The largest absolute Gasteiger partial charge is 0.401 e. The first kappa shape index (κ1) is 6.79. The SMILES string of the molecule is C/C(N)=C(\Cl)CN. The van der Waals surface area contributed by atoms with E-state index in [0.717, 1.165) is 0 Å². The Morgan fingerprint density at radius 1 is 1.71 bits per heavy atom. The molecule has 4 N–H and O–H groups in total. The molecule has 0 aliphatic heterocycles. The predicted molar refractivity (Wildman–Crippen MR) is 31.8 cm³/mol. The van der Waals surface area contributed by atoms with Gasteiger partial charge in [-0.25, -0.2) is 0 Å². The first-order valence-corrected chi connectivity index (χ1v) is 2.37. The highest BCUT2D eigenvalue weighted by Gasteiger charge is 1.87. The molecule has 0 bridgehead atoms. The van der Waals surface area contributed by atoms with E-state index in [1.54, 1.807) is 6.92 Å².